The Hall–Kier alpha value is -0.340. The third kappa shape index (κ3) is 22.6. The SMILES string of the molecule is O=S(=O)(O)OO.O=S(=O)(O)OO. The monoisotopic (exact) mass is 228 g/mol. The minimum Gasteiger partial charge on any atom is -0.262 e. The maximum atomic E-state index is 9.08. The lowest BCUT2D eigenvalue weighted by Crippen LogP contribution is -1.97. The molecular weight excluding hydrogens is 224 g/mol. The van der Waals surface area contributed by atoms with Crippen LogP contribution in [-0.2, 0) is 29.5 Å². The summed E-state index contributed by atoms with van der Waals surface area (Å²) < 4.78 is 55.9. The third-order valence-corrected chi connectivity index (χ3v) is 0.565. The summed E-state index contributed by atoms with van der Waals surface area (Å²) in [7, 11) is -9.21. The van der Waals surface area contributed by atoms with E-state index < -0.39 is 20.8 Å². The van der Waals surface area contributed by atoms with Crippen LogP contribution in [0.25, 0.3) is 0 Å². The van der Waals surface area contributed by atoms with Gasteiger partial charge < -0.3 is 0 Å². The normalized spacial score (nSPS) is 11.7. The maximum absolute atomic E-state index is 9.08. The molecule has 0 aromatic rings. The average molecular weight is 228 g/mol. The first-order valence-corrected chi connectivity index (χ1v) is 4.46. The van der Waals surface area contributed by atoms with Crippen molar-refractivity contribution < 1.29 is 45.1 Å². The molecule has 10 nitrogen and oxygen atoms in total. The van der Waals surface area contributed by atoms with Crippen molar-refractivity contribution in [3.05, 3.63) is 0 Å². The van der Waals surface area contributed by atoms with Crippen LogP contribution in [-0.4, -0.2) is 36.5 Å². The average Bonchev–Trinajstić information content (AvgIpc) is 1.86. The quantitative estimate of drug-likeness (QED) is 0.249. The van der Waals surface area contributed by atoms with Crippen LogP contribution in [0.1, 0.15) is 0 Å². The smallest absolute Gasteiger partial charge is 0.262 e. The molecule has 0 spiro atoms. The summed E-state index contributed by atoms with van der Waals surface area (Å²) in [6.07, 6.45) is 0. The number of hydrogen-bond donors (Lipinski definition) is 4. The highest BCUT2D eigenvalue weighted by atomic mass is 32.3. The van der Waals surface area contributed by atoms with Crippen LogP contribution in [0.3, 0.4) is 0 Å². The molecule has 0 unspecified atom stereocenters. The van der Waals surface area contributed by atoms with Crippen LogP contribution < -0.4 is 0 Å². The van der Waals surface area contributed by atoms with Crippen LogP contribution >= 0.6 is 0 Å². The molecule has 12 heavy (non-hydrogen) atoms. The maximum Gasteiger partial charge on any atom is 0.423 e. The molecule has 0 aliphatic carbocycles. The van der Waals surface area contributed by atoms with E-state index in [-0.39, 0.29) is 0 Å². The fraction of sp³-hybridized carbons (Fsp3) is 0. The third-order valence-electron chi connectivity index (χ3n) is 0.188. The molecule has 0 fully saturated rings. The zero-order chi connectivity index (χ0) is 10.4. The van der Waals surface area contributed by atoms with Crippen molar-refractivity contribution >= 4 is 20.8 Å². The van der Waals surface area contributed by atoms with Gasteiger partial charge in [-0.15, -0.1) is 0 Å². The first-order chi connectivity index (χ1) is 5.12. The number of hydrogen-bond acceptors (Lipinski definition) is 8. The van der Waals surface area contributed by atoms with Crippen molar-refractivity contribution in [2.75, 3.05) is 0 Å². The van der Waals surface area contributed by atoms with Crippen LogP contribution in [0.5, 0.6) is 0 Å². The summed E-state index contributed by atoms with van der Waals surface area (Å²) in [5, 5.41) is 14.1. The summed E-state index contributed by atoms with van der Waals surface area (Å²) in [6, 6.07) is 0. The molecule has 0 aromatic heterocycles. The van der Waals surface area contributed by atoms with Crippen LogP contribution in [0.15, 0.2) is 0 Å². The van der Waals surface area contributed by atoms with Gasteiger partial charge >= 0.3 is 20.8 Å². The van der Waals surface area contributed by atoms with Gasteiger partial charge in [0.15, 0.2) is 0 Å². The number of rotatable bonds is 2. The molecule has 0 saturated carbocycles. The zero-order valence-corrected chi connectivity index (χ0v) is 6.69. The van der Waals surface area contributed by atoms with Gasteiger partial charge in [0.2, 0.25) is 0 Å². The Labute approximate surface area is 66.7 Å². The Bertz CT molecular complexity index is 244. The highest BCUT2D eigenvalue weighted by Crippen LogP contribution is 1.74. The van der Waals surface area contributed by atoms with Gasteiger partial charge in [-0.2, -0.15) is 16.8 Å². The van der Waals surface area contributed by atoms with Gasteiger partial charge in [0.05, 0.1) is 0 Å². The van der Waals surface area contributed by atoms with Crippen LogP contribution in [0.2, 0.25) is 0 Å². The van der Waals surface area contributed by atoms with Gasteiger partial charge in [0, 0.05) is 0 Å². The summed E-state index contributed by atoms with van der Waals surface area (Å²) in [5.41, 5.74) is 0. The molecule has 12 heteroatoms. The molecule has 0 aliphatic rings. The van der Waals surface area contributed by atoms with Gasteiger partial charge in [0.1, 0.15) is 0 Å². The van der Waals surface area contributed by atoms with Gasteiger partial charge in [-0.3, -0.25) is 9.11 Å². The second-order valence-corrected chi connectivity index (χ2v) is 3.01. The molecule has 0 aliphatic heterocycles. The van der Waals surface area contributed by atoms with E-state index in [4.69, 9.17) is 36.5 Å². The second kappa shape index (κ2) is 5.33. The molecular formula is H4O10S2. The molecule has 0 rings (SSSR count). The Kier molecular flexibility index (Phi) is 6.31. The van der Waals surface area contributed by atoms with Crippen LogP contribution in [0, 0.1) is 0 Å². The van der Waals surface area contributed by atoms with Crippen molar-refractivity contribution in [3.8, 4) is 0 Å². The molecule has 0 heterocycles. The predicted molar refractivity (Wildman–Crippen MR) is 30.5 cm³/mol. The fourth-order valence-corrected chi connectivity index (χ4v) is 0. The van der Waals surface area contributed by atoms with Gasteiger partial charge in [-0.1, -0.05) is 8.67 Å². The summed E-state index contributed by atoms with van der Waals surface area (Å²) in [4.78, 5) is 0. The van der Waals surface area contributed by atoms with E-state index in [9.17, 15) is 0 Å². The summed E-state index contributed by atoms with van der Waals surface area (Å²) in [6.45, 7) is 0. The Morgan fingerprint density at radius 3 is 0.833 bits per heavy atom. The lowest BCUT2D eigenvalue weighted by atomic mass is 15.0. The van der Waals surface area contributed by atoms with Crippen LogP contribution in [0.4, 0.5) is 0 Å². The lowest BCUT2D eigenvalue weighted by molar-refractivity contribution is -0.139. The van der Waals surface area contributed by atoms with Crippen molar-refractivity contribution in [3.63, 3.8) is 0 Å². The van der Waals surface area contributed by atoms with Gasteiger partial charge in [-0.05, 0) is 0 Å². The van der Waals surface area contributed by atoms with Crippen molar-refractivity contribution in [1.29, 1.82) is 0 Å². The van der Waals surface area contributed by atoms with E-state index in [1.54, 1.807) is 0 Å². The van der Waals surface area contributed by atoms with E-state index >= 15 is 0 Å². The molecule has 0 aromatic carbocycles. The highest BCUT2D eigenvalue weighted by molar-refractivity contribution is 7.81. The lowest BCUT2D eigenvalue weighted by Gasteiger charge is -1.79. The van der Waals surface area contributed by atoms with Crippen molar-refractivity contribution in [2.24, 2.45) is 0 Å². The minimum absolute atomic E-state index is 2.47. The molecule has 76 valence electrons. The molecule has 0 saturated heterocycles. The molecule has 0 amide bonds. The summed E-state index contributed by atoms with van der Waals surface area (Å²) >= 11 is 0. The standard InChI is InChI=1S/2H2O5S/c2*1-5-6(2,3)4/h2*1H,(H,2,3,4). The largest absolute Gasteiger partial charge is 0.423 e. The fourth-order valence-electron chi connectivity index (χ4n) is 0. The Balaban J connectivity index is 0. The zero-order valence-electron chi connectivity index (χ0n) is 5.05. The minimum atomic E-state index is -4.61. The first kappa shape index (κ1) is 14.2. The van der Waals surface area contributed by atoms with E-state index in [1.807, 2.05) is 0 Å². The van der Waals surface area contributed by atoms with Gasteiger partial charge in [0.25, 0.3) is 0 Å². The van der Waals surface area contributed by atoms with E-state index in [2.05, 4.69) is 8.67 Å². The molecule has 0 radical (unpaired) electrons. The topological polar surface area (TPSA) is 168 Å². The predicted octanol–water partition coefficient (Wildman–Crippen LogP) is -1.44. The van der Waals surface area contributed by atoms with E-state index in [1.165, 1.54) is 0 Å². The van der Waals surface area contributed by atoms with Gasteiger partial charge in [-0.25, -0.2) is 10.5 Å². The Morgan fingerprint density at radius 1 is 0.750 bits per heavy atom. The molecule has 0 bridgehead atoms. The first-order valence-electron chi connectivity index (χ1n) is 1.73. The summed E-state index contributed by atoms with van der Waals surface area (Å²) in [5.74, 6) is 0. The highest BCUT2D eigenvalue weighted by Gasteiger charge is 1.97. The van der Waals surface area contributed by atoms with Crippen molar-refractivity contribution in [2.45, 2.75) is 0 Å². The molecule has 4 N–H and O–H groups in total. The Morgan fingerprint density at radius 2 is 0.833 bits per heavy atom. The van der Waals surface area contributed by atoms with Crippen molar-refractivity contribution in [1.82, 2.24) is 0 Å². The second-order valence-electron chi connectivity index (χ2n) is 1.00. The van der Waals surface area contributed by atoms with E-state index in [0.717, 1.165) is 0 Å². The van der Waals surface area contributed by atoms with E-state index in [0.29, 0.717) is 0 Å². The molecule has 0 atom stereocenters.